The molecule has 0 amide bonds. The number of fused-ring (bicyclic) bond motifs is 3. The van der Waals surface area contributed by atoms with Gasteiger partial charge in [-0.1, -0.05) is 145 Å². The largest absolute Gasteiger partial charge is 0.129 e. The van der Waals surface area contributed by atoms with Gasteiger partial charge in [0.15, 0.2) is 0 Å². The first-order valence-electron chi connectivity index (χ1n) is 14.8. The van der Waals surface area contributed by atoms with Crippen molar-refractivity contribution < 1.29 is 0 Å². The summed E-state index contributed by atoms with van der Waals surface area (Å²) in [5.41, 5.74) is 11.0. The SMILES string of the molecule is CCCCCCCCC1(CCCCCCCC)c2cc(Br)ccc2-c2ccc(C#C[Si](C)(C)C)cc21. The summed E-state index contributed by atoms with van der Waals surface area (Å²) in [5, 5.41) is 0. The standard InChI is InChI=1S/C34H49BrSi/c1-6-8-10-12-14-16-23-34(24-17-15-13-11-9-7-2)32-26-28(22-25-36(3,4)5)18-20-30(32)31-21-19-29(35)27-33(31)34/h18-21,26-27H,6-17,23-24H2,1-5H3. The zero-order chi connectivity index (χ0) is 26.0. The van der Waals surface area contributed by atoms with Crippen molar-refractivity contribution in [2.45, 2.75) is 129 Å². The van der Waals surface area contributed by atoms with Crippen molar-refractivity contribution in [2.24, 2.45) is 0 Å². The van der Waals surface area contributed by atoms with Gasteiger partial charge in [-0.15, -0.1) is 5.54 Å². The lowest BCUT2D eigenvalue weighted by molar-refractivity contribution is 0.397. The summed E-state index contributed by atoms with van der Waals surface area (Å²) in [6.45, 7) is 11.6. The molecule has 0 radical (unpaired) electrons. The highest BCUT2D eigenvalue weighted by molar-refractivity contribution is 9.10. The van der Waals surface area contributed by atoms with Crippen molar-refractivity contribution in [3.05, 3.63) is 57.6 Å². The third-order valence-corrected chi connectivity index (χ3v) is 9.19. The van der Waals surface area contributed by atoms with Gasteiger partial charge < -0.3 is 0 Å². The minimum Gasteiger partial charge on any atom is -0.127 e. The number of unbranched alkanes of at least 4 members (excludes halogenated alkanes) is 10. The van der Waals surface area contributed by atoms with Crippen LogP contribution in [0.15, 0.2) is 40.9 Å². The van der Waals surface area contributed by atoms with Gasteiger partial charge in [0, 0.05) is 15.5 Å². The van der Waals surface area contributed by atoms with Crippen LogP contribution >= 0.6 is 15.9 Å². The predicted octanol–water partition coefficient (Wildman–Crippen LogP) is 11.4. The van der Waals surface area contributed by atoms with Gasteiger partial charge >= 0.3 is 0 Å². The Labute approximate surface area is 232 Å². The molecule has 0 bridgehead atoms. The average molecular weight is 566 g/mol. The van der Waals surface area contributed by atoms with Gasteiger partial charge in [0.05, 0.1) is 0 Å². The molecule has 196 valence electrons. The molecule has 2 heteroatoms. The Bertz CT molecular complexity index is 1020. The van der Waals surface area contributed by atoms with E-state index in [-0.39, 0.29) is 5.41 Å². The fourth-order valence-electron chi connectivity index (χ4n) is 5.88. The maximum atomic E-state index is 3.83. The Morgan fingerprint density at radius 2 is 1.17 bits per heavy atom. The van der Waals surface area contributed by atoms with E-state index in [9.17, 15) is 0 Å². The van der Waals surface area contributed by atoms with Crippen LogP contribution in [-0.4, -0.2) is 8.07 Å². The topological polar surface area (TPSA) is 0 Å². The monoisotopic (exact) mass is 564 g/mol. The van der Waals surface area contributed by atoms with Crippen molar-refractivity contribution >= 4 is 24.0 Å². The van der Waals surface area contributed by atoms with E-state index in [1.165, 1.54) is 111 Å². The molecule has 0 fully saturated rings. The molecule has 0 saturated carbocycles. The highest BCUT2D eigenvalue weighted by Crippen LogP contribution is 2.55. The molecular weight excluding hydrogens is 516 g/mol. The number of hydrogen-bond donors (Lipinski definition) is 0. The molecule has 3 rings (SSSR count). The molecule has 2 aromatic rings. The summed E-state index contributed by atoms with van der Waals surface area (Å²) in [6, 6.07) is 14.1. The van der Waals surface area contributed by atoms with Crippen LogP contribution < -0.4 is 0 Å². The number of benzene rings is 2. The average Bonchev–Trinajstić information content (AvgIpc) is 3.10. The quantitative estimate of drug-likeness (QED) is 0.121. The van der Waals surface area contributed by atoms with Crippen molar-refractivity contribution in [1.82, 2.24) is 0 Å². The van der Waals surface area contributed by atoms with Crippen LogP contribution in [0.5, 0.6) is 0 Å². The lowest BCUT2D eigenvalue weighted by atomic mass is 9.70. The maximum Gasteiger partial charge on any atom is 0.129 e. The molecule has 0 heterocycles. The van der Waals surface area contributed by atoms with E-state index < -0.39 is 8.07 Å². The fourth-order valence-corrected chi connectivity index (χ4v) is 6.76. The van der Waals surface area contributed by atoms with Crippen LogP contribution in [-0.2, 0) is 5.41 Å². The molecule has 0 unspecified atom stereocenters. The molecule has 0 nitrogen and oxygen atoms in total. The third-order valence-electron chi connectivity index (χ3n) is 7.82. The molecule has 36 heavy (non-hydrogen) atoms. The molecule has 0 saturated heterocycles. The van der Waals surface area contributed by atoms with Crippen molar-refractivity contribution in [3.8, 4) is 22.6 Å². The van der Waals surface area contributed by atoms with E-state index in [1.54, 1.807) is 11.1 Å². The summed E-state index contributed by atoms with van der Waals surface area (Å²) in [4.78, 5) is 0. The zero-order valence-corrected chi connectivity index (χ0v) is 26.3. The molecule has 0 atom stereocenters. The maximum absolute atomic E-state index is 3.83. The van der Waals surface area contributed by atoms with Crippen LogP contribution in [0.3, 0.4) is 0 Å². The fraction of sp³-hybridized carbons (Fsp3) is 0.588. The van der Waals surface area contributed by atoms with Crippen LogP contribution in [0.25, 0.3) is 11.1 Å². The molecule has 1 aliphatic carbocycles. The van der Waals surface area contributed by atoms with E-state index in [0.717, 1.165) is 0 Å². The minimum absolute atomic E-state index is 0.126. The number of hydrogen-bond acceptors (Lipinski definition) is 0. The molecule has 0 spiro atoms. The van der Waals surface area contributed by atoms with E-state index in [2.05, 4.69) is 97.3 Å². The van der Waals surface area contributed by atoms with Gasteiger partial charge in [0.1, 0.15) is 8.07 Å². The third kappa shape index (κ3) is 7.85. The van der Waals surface area contributed by atoms with Gasteiger partial charge in [-0.3, -0.25) is 0 Å². The second kappa shape index (κ2) is 14.0. The van der Waals surface area contributed by atoms with Gasteiger partial charge in [-0.25, -0.2) is 0 Å². The van der Waals surface area contributed by atoms with E-state index >= 15 is 0 Å². The van der Waals surface area contributed by atoms with E-state index in [4.69, 9.17) is 0 Å². The lowest BCUT2D eigenvalue weighted by Crippen LogP contribution is -2.25. The van der Waals surface area contributed by atoms with Gasteiger partial charge in [0.2, 0.25) is 0 Å². The van der Waals surface area contributed by atoms with E-state index in [0.29, 0.717) is 0 Å². The summed E-state index contributed by atoms with van der Waals surface area (Å²) in [6.07, 6.45) is 18.8. The van der Waals surface area contributed by atoms with Gasteiger partial charge in [-0.2, -0.15) is 0 Å². The summed E-state index contributed by atoms with van der Waals surface area (Å²) < 4.78 is 1.21. The van der Waals surface area contributed by atoms with Crippen LogP contribution in [0.4, 0.5) is 0 Å². The Kier molecular flexibility index (Phi) is 11.4. The van der Waals surface area contributed by atoms with Crippen LogP contribution in [0.1, 0.15) is 120 Å². The first-order valence-corrected chi connectivity index (χ1v) is 19.1. The smallest absolute Gasteiger partial charge is 0.127 e. The molecular formula is C34H49BrSi. The lowest BCUT2D eigenvalue weighted by Gasteiger charge is -2.33. The first kappa shape index (κ1) is 29.3. The Morgan fingerprint density at radius 1 is 0.667 bits per heavy atom. The first-order chi connectivity index (χ1) is 17.3. The summed E-state index contributed by atoms with van der Waals surface area (Å²) >= 11 is 3.83. The van der Waals surface area contributed by atoms with Crippen LogP contribution in [0, 0.1) is 11.5 Å². The molecule has 2 aromatic carbocycles. The van der Waals surface area contributed by atoms with Gasteiger partial charge in [0.25, 0.3) is 0 Å². The normalized spacial score (nSPS) is 13.7. The van der Waals surface area contributed by atoms with E-state index in [1.807, 2.05) is 0 Å². The molecule has 0 aliphatic heterocycles. The zero-order valence-electron chi connectivity index (χ0n) is 23.7. The molecule has 1 aliphatic rings. The number of halogens is 1. The Morgan fingerprint density at radius 3 is 1.72 bits per heavy atom. The van der Waals surface area contributed by atoms with Gasteiger partial charge in [-0.05, 0) is 59.4 Å². The van der Waals surface area contributed by atoms with Crippen LogP contribution in [0.2, 0.25) is 19.6 Å². The van der Waals surface area contributed by atoms with Crippen molar-refractivity contribution in [1.29, 1.82) is 0 Å². The Balaban J connectivity index is 1.96. The molecule has 0 aromatic heterocycles. The second-order valence-electron chi connectivity index (χ2n) is 12.1. The predicted molar refractivity (Wildman–Crippen MR) is 167 cm³/mol. The highest BCUT2D eigenvalue weighted by Gasteiger charge is 2.42. The van der Waals surface area contributed by atoms with Crippen molar-refractivity contribution in [3.63, 3.8) is 0 Å². The second-order valence-corrected chi connectivity index (χ2v) is 17.7. The minimum atomic E-state index is -1.41. The summed E-state index contributed by atoms with van der Waals surface area (Å²) in [5.74, 6) is 3.57. The number of rotatable bonds is 14. The molecule has 0 N–H and O–H groups in total. The summed E-state index contributed by atoms with van der Waals surface area (Å²) in [7, 11) is -1.41. The Hall–Kier alpha value is -1.30. The van der Waals surface area contributed by atoms with Crippen molar-refractivity contribution in [2.75, 3.05) is 0 Å². The highest BCUT2D eigenvalue weighted by atomic mass is 79.9.